The molecule has 5 nitrogen and oxygen atoms in total. The molecule has 0 saturated carbocycles. The summed E-state index contributed by atoms with van der Waals surface area (Å²) in [6, 6.07) is 0.315. The van der Waals surface area contributed by atoms with Crippen LogP contribution in [0, 0.1) is 6.92 Å². The molecule has 2 unspecified atom stereocenters. The molecular weight excluding hydrogens is 332 g/mol. The zero-order valence-corrected chi connectivity index (χ0v) is 15.1. The molecule has 2 heterocycles. The van der Waals surface area contributed by atoms with E-state index in [9.17, 15) is 0 Å². The first-order valence-electron chi connectivity index (χ1n) is 7.82. The van der Waals surface area contributed by atoms with Crippen molar-refractivity contribution in [3.63, 3.8) is 0 Å². The van der Waals surface area contributed by atoms with Crippen molar-refractivity contribution in [2.24, 2.45) is 0 Å². The fourth-order valence-electron chi connectivity index (χ4n) is 2.92. The van der Waals surface area contributed by atoms with Gasteiger partial charge in [-0.2, -0.15) is 5.10 Å². The minimum absolute atomic E-state index is 0.233. The zero-order chi connectivity index (χ0) is 15.4. The van der Waals surface area contributed by atoms with Gasteiger partial charge in [0.05, 0.1) is 28.6 Å². The number of halogens is 1. The first-order valence-corrected chi connectivity index (χ1v) is 8.61. The summed E-state index contributed by atoms with van der Waals surface area (Å²) in [6.45, 7) is 11.0. The number of aryl methyl sites for hydroxylation is 2. The Balaban J connectivity index is 2.16. The van der Waals surface area contributed by atoms with Gasteiger partial charge in [0.25, 0.3) is 0 Å². The molecule has 0 spiro atoms. The Hall–Kier alpha value is -0.430. The molecule has 0 aliphatic carbocycles. The van der Waals surface area contributed by atoms with Crippen molar-refractivity contribution in [1.82, 2.24) is 20.0 Å². The number of rotatable bonds is 6. The van der Waals surface area contributed by atoms with Crippen LogP contribution in [0.5, 0.6) is 0 Å². The molecule has 1 aliphatic heterocycles. The molecule has 0 bridgehead atoms. The number of ether oxygens (including phenoxy) is 1. The molecule has 2 rings (SSSR count). The second-order valence-corrected chi connectivity index (χ2v) is 6.49. The molecule has 2 atom stereocenters. The summed E-state index contributed by atoms with van der Waals surface area (Å²) in [5, 5.41) is 8.19. The van der Waals surface area contributed by atoms with Crippen molar-refractivity contribution in [3.05, 3.63) is 15.9 Å². The largest absolute Gasteiger partial charge is 0.374 e. The van der Waals surface area contributed by atoms with Crippen molar-refractivity contribution in [1.29, 1.82) is 0 Å². The lowest BCUT2D eigenvalue weighted by molar-refractivity contribution is -0.0384. The second kappa shape index (κ2) is 7.72. The van der Waals surface area contributed by atoms with Crippen molar-refractivity contribution in [2.75, 3.05) is 33.3 Å². The van der Waals surface area contributed by atoms with E-state index >= 15 is 0 Å². The second-order valence-electron chi connectivity index (χ2n) is 5.70. The molecule has 6 heteroatoms. The van der Waals surface area contributed by atoms with Crippen LogP contribution >= 0.6 is 15.9 Å². The number of hydrogen-bond donors (Lipinski definition) is 1. The van der Waals surface area contributed by atoms with Crippen molar-refractivity contribution < 1.29 is 4.74 Å². The van der Waals surface area contributed by atoms with Gasteiger partial charge in [-0.15, -0.1) is 0 Å². The number of likely N-dealkylation sites (N-methyl/N-ethyl adjacent to an activating group) is 2. The van der Waals surface area contributed by atoms with Gasteiger partial charge in [0.1, 0.15) is 0 Å². The Kier molecular flexibility index (Phi) is 6.22. The number of aromatic nitrogens is 2. The van der Waals surface area contributed by atoms with Gasteiger partial charge in [-0.05, 0) is 43.4 Å². The van der Waals surface area contributed by atoms with Crippen LogP contribution in [0.3, 0.4) is 0 Å². The lowest BCUT2D eigenvalue weighted by atomic mass is 10.0. The fraction of sp³-hybridized carbons (Fsp3) is 0.800. The van der Waals surface area contributed by atoms with Crippen LogP contribution < -0.4 is 5.32 Å². The van der Waals surface area contributed by atoms with E-state index in [2.05, 4.69) is 56.8 Å². The predicted molar refractivity (Wildman–Crippen MR) is 88.7 cm³/mol. The third-order valence-electron chi connectivity index (χ3n) is 4.08. The molecule has 0 radical (unpaired) electrons. The lowest BCUT2D eigenvalue weighted by Gasteiger charge is -2.35. The van der Waals surface area contributed by atoms with E-state index in [1.807, 2.05) is 6.92 Å². The Bertz CT molecular complexity index is 463. The standard InChI is InChI=1S/C15H27BrN4O/c1-5-17-12(14-10-19(4)7-8-21-14)9-13-15(16)11(3)18-20(13)6-2/h12,14,17H,5-10H2,1-4H3. The molecule has 1 aromatic heterocycles. The van der Waals surface area contributed by atoms with E-state index in [-0.39, 0.29) is 6.10 Å². The van der Waals surface area contributed by atoms with Crippen LogP contribution in [-0.4, -0.2) is 60.1 Å². The highest BCUT2D eigenvalue weighted by Gasteiger charge is 2.28. The molecule has 1 saturated heterocycles. The highest BCUT2D eigenvalue weighted by molar-refractivity contribution is 9.10. The van der Waals surface area contributed by atoms with Gasteiger partial charge >= 0.3 is 0 Å². The van der Waals surface area contributed by atoms with Crippen LogP contribution in [0.2, 0.25) is 0 Å². The number of nitrogens with zero attached hydrogens (tertiary/aromatic N) is 3. The number of morpholine rings is 1. The number of hydrogen-bond acceptors (Lipinski definition) is 4. The molecule has 1 aliphatic rings. The van der Waals surface area contributed by atoms with Gasteiger partial charge in [-0.25, -0.2) is 0 Å². The van der Waals surface area contributed by atoms with Crippen molar-refractivity contribution in [3.8, 4) is 0 Å². The summed E-state index contributed by atoms with van der Waals surface area (Å²) in [4.78, 5) is 2.34. The Morgan fingerprint density at radius 3 is 2.86 bits per heavy atom. The summed E-state index contributed by atoms with van der Waals surface area (Å²) in [5.41, 5.74) is 2.32. The zero-order valence-electron chi connectivity index (χ0n) is 13.5. The maximum Gasteiger partial charge on any atom is 0.0858 e. The van der Waals surface area contributed by atoms with Crippen LogP contribution in [0.25, 0.3) is 0 Å². The fourth-order valence-corrected chi connectivity index (χ4v) is 3.37. The van der Waals surface area contributed by atoms with Crippen LogP contribution in [0.1, 0.15) is 25.2 Å². The summed E-state index contributed by atoms with van der Waals surface area (Å²) >= 11 is 3.69. The first kappa shape index (κ1) is 16.9. The SMILES string of the molecule is CCNC(Cc1c(Br)c(C)nn1CC)C1CN(C)CCO1. The summed E-state index contributed by atoms with van der Waals surface area (Å²) < 4.78 is 9.24. The van der Waals surface area contributed by atoms with Crippen LogP contribution in [0.15, 0.2) is 4.47 Å². The molecule has 1 fully saturated rings. The number of nitrogens with one attached hydrogen (secondary N) is 1. The molecule has 0 amide bonds. The van der Waals surface area contributed by atoms with Gasteiger partial charge in [0, 0.05) is 32.1 Å². The van der Waals surface area contributed by atoms with E-state index in [4.69, 9.17) is 4.74 Å². The molecule has 0 aromatic carbocycles. The molecular formula is C15H27BrN4O. The summed E-state index contributed by atoms with van der Waals surface area (Å²) in [7, 11) is 2.16. The van der Waals surface area contributed by atoms with Crippen LogP contribution in [0.4, 0.5) is 0 Å². The third-order valence-corrected chi connectivity index (χ3v) is 5.11. The third kappa shape index (κ3) is 4.06. The summed E-state index contributed by atoms with van der Waals surface area (Å²) in [6.07, 6.45) is 1.16. The Morgan fingerprint density at radius 2 is 2.24 bits per heavy atom. The highest BCUT2D eigenvalue weighted by atomic mass is 79.9. The van der Waals surface area contributed by atoms with Gasteiger partial charge in [0.15, 0.2) is 0 Å². The van der Waals surface area contributed by atoms with Gasteiger partial charge in [-0.3, -0.25) is 4.68 Å². The van der Waals surface area contributed by atoms with E-state index in [1.165, 1.54) is 5.69 Å². The molecule has 1 aromatic rings. The predicted octanol–water partition coefficient (Wildman–Crippen LogP) is 1.83. The quantitative estimate of drug-likeness (QED) is 0.842. The van der Waals surface area contributed by atoms with E-state index < -0.39 is 0 Å². The van der Waals surface area contributed by atoms with Crippen molar-refractivity contribution >= 4 is 15.9 Å². The Labute approximate surface area is 136 Å². The maximum absolute atomic E-state index is 6.01. The molecule has 120 valence electrons. The first-order chi connectivity index (χ1) is 10.1. The summed E-state index contributed by atoms with van der Waals surface area (Å²) in [5.74, 6) is 0. The monoisotopic (exact) mass is 358 g/mol. The lowest BCUT2D eigenvalue weighted by Crippen LogP contribution is -2.52. The molecule has 21 heavy (non-hydrogen) atoms. The molecule has 1 N–H and O–H groups in total. The minimum Gasteiger partial charge on any atom is -0.374 e. The average molecular weight is 359 g/mol. The Morgan fingerprint density at radius 1 is 1.48 bits per heavy atom. The topological polar surface area (TPSA) is 42.3 Å². The van der Waals surface area contributed by atoms with E-state index in [1.54, 1.807) is 0 Å². The minimum atomic E-state index is 0.233. The van der Waals surface area contributed by atoms with Crippen LogP contribution in [-0.2, 0) is 17.7 Å². The van der Waals surface area contributed by atoms with E-state index in [0.717, 1.165) is 49.4 Å². The van der Waals surface area contributed by atoms with Crippen molar-refractivity contribution in [2.45, 2.75) is 45.9 Å². The average Bonchev–Trinajstić information content (AvgIpc) is 2.74. The maximum atomic E-state index is 6.01. The van der Waals surface area contributed by atoms with Gasteiger partial charge < -0.3 is 15.0 Å². The van der Waals surface area contributed by atoms with Gasteiger partial charge in [-0.1, -0.05) is 6.92 Å². The smallest absolute Gasteiger partial charge is 0.0858 e. The van der Waals surface area contributed by atoms with Gasteiger partial charge in [0.2, 0.25) is 0 Å². The normalized spacial score (nSPS) is 21.7. The van der Waals surface area contributed by atoms with E-state index in [0.29, 0.717) is 6.04 Å². The highest BCUT2D eigenvalue weighted by Crippen LogP contribution is 2.24.